The first kappa shape index (κ1) is 12.5. The van der Waals surface area contributed by atoms with Crippen LogP contribution in [-0.4, -0.2) is 20.7 Å². The number of fused-ring (bicyclic) bond motifs is 1. The molecule has 0 aliphatic heterocycles. The minimum absolute atomic E-state index is 0.212. The zero-order valence-electron chi connectivity index (χ0n) is 11.3. The summed E-state index contributed by atoms with van der Waals surface area (Å²) in [4.78, 5) is 23.1. The van der Waals surface area contributed by atoms with Gasteiger partial charge in [-0.2, -0.15) is 0 Å². The maximum atomic E-state index is 11.0. The van der Waals surface area contributed by atoms with Crippen molar-refractivity contribution in [2.45, 2.75) is 19.8 Å². The third kappa shape index (κ3) is 2.59. The summed E-state index contributed by atoms with van der Waals surface area (Å²) in [6.07, 6.45) is 3.09. The standard InChI is InChI=1S/C16H15N3O/c1-11(20)5-6-12-7-8-13-15(10-12)19-16(18-13)14-4-2-3-9-17-14/h2-4,7-10H,5-6H2,1H3,(H,18,19). The summed E-state index contributed by atoms with van der Waals surface area (Å²) in [6, 6.07) is 11.8. The fraction of sp³-hybridized carbons (Fsp3) is 0.188. The Labute approximate surface area is 116 Å². The Bertz CT molecular complexity index is 747. The zero-order chi connectivity index (χ0) is 13.9. The number of benzene rings is 1. The Kier molecular flexibility index (Phi) is 3.29. The molecule has 2 heterocycles. The number of ketones is 1. The van der Waals surface area contributed by atoms with Crippen LogP contribution in [0.1, 0.15) is 18.9 Å². The summed E-state index contributed by atoms with van der Waals surface area (Å²) in [5.41, 5.74) is 3.86. The second-order valence-electron chi connectivity index (χ2n) is 4.85. The predicted molar refractivity (Wildman–Crippen MR) is 78.3 cm³/mol. The van der Waals surface area contributed by atoms with Crippen molar-refractivity contribution in [1.29, 1.82) is 0 Å². The van der Waals surface area contributed by atoms with Gasteiger partial charge in [0.15, 0.2) is 5.82 Å². The summed E-state index contributed by atoms with van der Waals surface area (Å²) in [5, 5.41) is 0. The largest absolute Gasteiger partial charge is 0.337 e. The van der Waals surface area contributed by atoms with E-state index < -0.39 is 0 Å². The average Bonchev–Trinajstić information content (AvgIpc) is 2.89. The van der Waals surface area contributed by atoms with Crippen molar-refractivity contribution < 1.29 is 4.79 Å². The number of Topliss-reactive ketones (excluding diaryl/α,β-unsaturated/α-hetero) is 1. The Morgan fingerprint density at radius 3 is 2.90 bits per heavy atom. The highest BCUT2D eigenvalue weighted by molar-refractivity contribution is 5.80. The normalized spacial score (nSPS) is 10.8. The molecule has 0 saturated heterocycles. The lowest BCUT2D eigenvalue weighted by Crippen LogP contribution is -1.93. The lowest BCUT2D eigenvalue weighted by molar-refractivity contribution is -0.116. The van der Waals surface area contributed by atoms with E-state index in [4.69, 9.17) is 0 Å². The van der Waals surface area contributed by atoms with Gasteiger partial charge in [0.1, 0.15) is 11.5 Å². The number of pyridine rings is 1. The van der Waals surface area contributed by atoms with Gasteiger partial charge in [0, 0.05) is 12.6 Å². The maximum absolute atomic E-state index is 11.0. The van der Waals surface area contributed by atoms with E-state index in [1.54, 1.807) is 13.1 Å². The molecular weight excluding hydrogens is 250 g/mol. The van der Waals surface area contributed by atoms with E-state index >= 15 is 0 Å². The number of nitrogens with one attached hydrogen (secondary N) is 1. The summed E-state index contributed by atoms with van der Waals surface area (Å²) >= 11 is 0. The van der Waals surface area contributed by atoms with Crippen LogP contribution >= 0.6 is 0 Å². The van der Waals surface area contributed by atoms with Gasteiger partial charge in [-0.15, -0.1) is 0 Å². The van der Waals surface area contributed by atoms with Crippen molar-refractivity contribution in [2.75, 3.05) is 0 Å². The molecule has 1 N–H and O–H groups in total. The van der Waals surface area contributed by atoms with E-state index in [1.807, 2.05) is 30.3 Å². The number of hydrogen-bond acceptors (Lipinski definition) is 3. The van der Waals surface area contributed by atoms with Crippen LogP contribution in [0.3, 0.4) is 0 Å². The Morgan fingerprint density at radius 1 is 1.25 bits per heavy atom. The third-order valence-corrected chi connectivity index (χ3v) is 3.22. The Hall–Kier alpha value is -2.49. The number of imidazole rings is 1. The molecule has 0 fully saturated rings. The van der Waals surface area contributed by atoms with E-state index in [1.165, 1.54) is 0 Å². The van der Waals surface area contributed by atoms with Gasteiger partial charge in [-0.3, -0.25) is 4.98 Å². The molecule has 0 saturated carbocycles. The summed E-state index contributed by atoms with van der Waals surface area (Å²) in [5.74, 6) is 0.980. The lowest BCUT2D eigenvalue weighted by atomic mass is 10.1. The summed E-state index contributed by atoms with van der Waals surface area (Å²) in [6.45, 7) is 1.62. The van der Waals surface area contributed by atoms with Crippen molar-refractivity contribution in [3.63, 3.8) is 0 Å². The van der Waals surface area contributed by atoms with Crippen LogP contribution in [0.5, 0.6) is 0 Å². The number of carbonyl (C=O) groups excluding carboxylic acids is 1. The first-order valence-corrected chi connectivity index (χ1v) is 6.62. The van der Waals surface area contributed by atoms with Crippen molar-refractivity contribution in [3.8, 4) is 11.5 Å². The van der Waals surface area contributed by atoms with Gasteiger partial charge < -0.3 is 9.78 Å². The Morgan fingerprint density at radius 2 is 2.15 bits per heavy atom. The number of nitrogens with zero attached hydrogens (tertiary/aromatic N) is 2. The van der Waals surface area contributed by atoms with Crippen LogP contribution in [0.4, 0.5) is 0 Å². The molecule has 100 valence electrons. The quantitative estimate of drug-likeness (QED) is 0.788. The highest BCUT2D eigenvalue weighted by Crippen LogP contribution is 2.20. The highest BCUT2D eigenvalue weighted by Gasteiger charge is 2.06. The van der Waals surface area contributed by atoms with Crippen molar-refractivity contribution in [2.24, 2.45) is 0 Å². The van der Waals surface area contributed by atoms with Gasteiger partial charge >= 0.3 is 0 Å². The van der Waals surface area contributed by atoms with Crippen LogP contribution in [0.2, 0.25) is 0 Å². The fourth-order valence-electron chi connectivity index (χ4n) is 2.16. The van der Waals surface area contributed by atoms with Gasteiger partial charge in [-0.05, 0) is 43.2 Å². The molecule has 0 atom stereocenters. The Balaban J connectivity index is 1.93. The van der Waals surface area contributed by atoms with E-state index in [0.717, 1.165) is 34.5 Å². The van der Waals surface area contributed by atoms with Gasteiger partial charge in [0.2, 0.25) is 0 Å². The van der Waals surface area contributed by atoms with Gasteiger partial charge in [-0.1, -0.05) is 12.1 Å². The maximum Gasteiger partial charge on any atom is 0.157 e. The van der Waals surface area contributed by atoms with E-state index in [9.17, 15) is 4.79 Å². The minimum atomic E-state index is 0.212. The van der Waals surface area contributed by atoms with E-state index in [0.29, 0.717) is 6.42 Å². The first-order valence-electron chi connectivity index (χ1n) is 6.62. The number of aryl methyl sites for hydroxylation is 1. The molecule has 20 heavy (non-hydrogen) atoms. The van der Waals surface area contributed by atoms with Gasteiger partial charge in [0.05, 0.1) is 11.0 Å². The monoisotopic (exact) mass is 265 g/mol. The second kappa shape index (κ2) is 5.25. The number of hydrogen-bond donors (Lipinski definition) is 1. The second-order valence-corrected chi connectivity index (χ2v) is 4.85. The van der Waals surface area contributed by atoms with Gasteiger partial charge in [0.25, 0.3) is 0 Å². The molecule has 1 aromatic carbocycles. The van der Waals surface area contributed by atoms with E-state index in [-0.39, 0.29) is 5.78 Å². The first-order chi connectivity index (χ1) is 9.72. The molecule has 0 aliphatic carbocycles. The van der Waals surface area contributed by atoms with Crippen LogP contribution < -0.4 is 0 Å². The smallest absolute Gasteiger partial charge is 0.157 e. The number of H-pyrrole nitrogens is 1. The zero-order valence-corrected chi connectivity index (χ0v) is 11.3. The highest BCUT2D eigenvalue weighted by atomic mass is 16.1. The van der Waals surface area contributed by atoms with Crippen LogP contribution in [0.25, 0.3) is 22.6 Å². The molecule has 0 spiro atoms. The van der Waals surface area contributed by atoms with Crippen LogP contribution in [-0.2, 0) is 11.2 Å². The SMILES string of the molecule is CC(=O)CCc1ccc2nc(-c3ccccn3)[nH]c2c1. The predicted octanol–water partition coefficient (Wildman–Crippen LogP) is 3.15. The summed E-state index contributed by atoms with van der Waals surface area (Å²) in [7, 11) is 0. The molecule has 3 aromatic rings. The molecule has 3 rings (SSSR count). The van der Waals surface area contributed by atoms with Crippen LogP contribution in [0.15, 0.2) is 42.6 Å². The molecule has 4 heteroatoms. The van der Waals surface area contributed by atoms with Gasteiger partial charge in [-0.25, -0.2) is 4.98 Å². The van der Waals surface area contributed by atoms with Crippen molar-refractivity contribution in [1.82, 2.24) is 15.0 Å². The van der Waals surface area contributed by atoms with Crippen LogP contribution in [0, 0.1) is 0 Å². The number of aromatic amines is 1. The molecule has 4 nitrogen and oxygen atoms in total. The summed E-state index contributed by atoms with van der Waals surface area (Å²) < 4.78 is 0. The lowest BCUT2D eigenvalue weighted by Gasteiger charge is -1.98. The molecule has 0 amide bonds. The topological polar surface area (TPSA) is 58.6 Å². The van der Waals surface area contributed by atoms with E-state index in [2.05, 4.69) is 21.0 Å². The molecule has 0 unspecified atom stereocenters. The minimum Gasteiger partial charge on any atom is -0.337 e. The number of aromatic nitrogens is 3. The molecule has 0 bridgehead atoms. The molecular formula is C16H15N3O. The third-order valence-electron chi connectivity index (χ3n) is 3.22. The number of rotatable bonds is 4. The van der Waals surface area contributed by atoms with Crippen molar-refractivity contribution >= 4 is 16.8 Å². The van der Waals surface area contributed by atoms with Crippen molar-refractivity contribution in [3.05, 3.63) is 48.2 Å². The fourth-order valence-corrected chi connectivity index (χ4v) is 2.16. The average molecular weight is 265 g/mol. The molecule has 0 radical (unpaired) electrons. The molecule has 2 aromatic heterocycles. The molecule has 0 aliphatic rings. The number of carbonyl (C=O) groups is 1.